The maximum atomic E-state index is 13.0. The first-order chi connectivity index (χ1) is 11.9. The van der Waals surface area contributed by atoms with E-state index in [4.69, 9.17) is 9.15 Å². The fraction of sp³-hybridized carbons (Fsp3) is 0.632. The molecule has 2 saturated carbocycles. The second kappa shape index (κ2) is 5.71. The Balaban J connectivity index is 1.73. The predicted octanol–water partition coefficient (Wildman–Crippen LogP) is 2.98. The number of furan rings is 1. The highest BCUT2D eigenvalue weighted by atomic mass is 16.6. The van der Waals surface area contributed by atoms with Crippen LogP contribution in [-0.4, -0.2) is 22.8 Å². The van der Waals surface area contributed by atoms with Crippen LogP contribution in [0.25, 0.3) is 0 Å². The van der Waals surface area contributed by atoms with Crippen molar-refractivity contribution >= 4 is 17.7 Å². The van der Waals surface area contributed by atoms with Crippen LogP contribution in [0.3, 0.4) is 0 Å². The van der Waals surface area contributed by atoms with Crippen LogP contribution in [-0.2, 0) is 19.1 Å². The minimum absolute atomic E-state index is 0.00483. The lowest BCUT2D eigenvalue weighted by Crippen LogP contribution is -2.55. The molecule has 3 aliphatic rings. The lowest BCUT2D eigenvalue weighted by molar-refractivity contribution is -0.170. The van der Waals surface area contributed by atoms with Crippen molar-refractivity contribution in [2.75, 3.05) is 0 Å². The molecule has 2 heterocycles. The van der Waals surface area contributed by atoms with Crippen LogP contribution >= 0.6 is 0 Å². The fourth-order valence-corrected chi connectivity index (χ4v) is 5.51. The minimum atomic E-state index is -0.925. The van der Waals surface area contributed by atoms with Crippen molar-refractivity contribution in [2.45, 2.75) is 45.1 Å². The Morgan fingerprint density at radius 2 is 2.12 bits per heavy atom. The molecule has 0 radical (unpaired) electrons. The molecule has 1 aliphatic heterocycles. The van der Waals surface area contributed by atoms with Gasteiger partial charge in [0.1, 0.15) is 11.9 Å². The van der Waals surface area contributed by atoms with E-state index >= 15 is 0 Å². The zero-order valence-electron chi connectivity index (χ0n) is 14.1. The quantitative estimate of drug-likeness (QED) is 0.828. The Labute approximate surface area is 145 Å². The summed E-state index contributed by atoms with van der Waals surface area (Å²) < 4.78 is 10.8. The van der Waals surface area contributed by atoms with E-state index in [1.54, 1.807) is 18.6 Å². The number of carbonyl (C=O) groups excluding carboxylic acids is 2. The Bertz CT molecular complexity index is 708. The second-order valence-corrected chi connectivity index (χ2v) is 7.77. The van der Waals surface area contributed by atoms with Crippen LogP contribution in [0.2, 0.25) is 0 Å². The van der Waals surface area contributed by atoms with Crippen molar-refractivity contribution in [2.24, 2.45) is 29.1 Å². The average molecular weight is 346 g/mol. The number of carboxylic acid groups (broad SMARTS) is 1. The summed E-state index contributed by atoms with van der Waals surface area (Å²) in [6.07, 6.45) is 5.42. The third-order valence-corrected chi connectivity index (χ3v) is 6.70. The number of aliphatic carboxylic acids is 1. The van der Waals surface area contributed by atoms with Crippen LogP contribution in [0.1, 0.15) is 50.7 Å². The molecule has 1 saturated heterocycles. The molecular weight excluding hydrogens is 324 g/mol. The Kier molecular flexibility index (Phi) is 3.74. The summed E-state index contributed by atoms with van der Waals surface area (Å²) in [5.74, 6) is -2.85. The summed E-state index contributed by atoms with van der Waals surface area (Å²) in [5.41, 5.74) is 0.0470. The summed E-state index contributed by atoms with van der Waals surface area (Å²) in [7, 11) is 0. The van der Waals surface area contributed by atoms with Crippen molar-refractivity contribution in [1.29, 1.82) is 0 Å². The van der Waals surface area contributed by atoms with Gasteiger partial charge in [-0.25, -0.2) is 0 Å². The molecule has 1 N–H and O–H groups in total. The molecule has 0 bridgehead atoms. The first-order valence-corrected chi connectivity index (χ1v) is 8.94. The molecule has 0 aromatic carbocycles. The normalized spacial score (nSPS) is 40.8. The van der Waals surface area contributed by atoms with Crippen LogP contribution in [0.5, 0.6) is 0 Å². The molecule has 25 heavy (non-hydrogen) atoms. The van der Waals surface area contributed by atoms with Crippen molar-refractivity contribution in [3.63, 3.8) is 0 Å². The van der Waals surface area contributed by atoms with E-state index in [9.17, 15) is 19.5 Å². The number of Topliss-reactive ketones (excluding diaryl/α,β-unsaturated/α-hetero) is 1. The number of hydrogen-bond acceptors (Lipinski definition) is 5. The molecule has 0 unspecified atom stereocenters. The van der Waals surface area contributed by atoms with Crippen molar-refractivity contribution in [3.8, 4) is 0 Å². The van der Waals surface area contributed by atoms with Gasteiger partial charge >= 0.3 is 11.9 Å². The second-order valence-electron chi connectivity index (χ2n) is 7.77. The molecule has 1 spiro atoms. The molecule has 6 atom stereocenters. The van der Waals surface area contributed by atoms with Gasteiger partial charge < -0.3 is 14.3 Å². The largest absolute Gasteiger partial charge is 0.481 e. The number of carbonyl (C=O) groups is 3. The highest BCUT2D eigenvalue weighted by molar-refractivity contribution is 5.91. The van der Waals surface area contributed by atoms with E-state index in [2.05, 4.69) is 0 Å². The van der Waals surface area contributed by atoms with Crippen molar-refractivity contribution in [1.82, 2.24) is 0 Å². The summed E-state index contributed by atoms with van der Waals surface area (Å²) in [4.78, 5) is 37.4. The van der Waals surface area contributed by atoms with E-state index in [-0.39, 0.29) is 36.1 Å². The lowest BCUT2D eigenvalue weighted by atomic mass is 9.50. The number of carboxylic acids is 1. The molecular formula is C19H22O6. The van der Waals surface area contributed by atoms with Crippen LogP contribution in [0.15, 0.2) is 23.0 Å². The number of rotatable bonds is 2. The van der Waals surface area contributed by atoms with E-state index < -0.39 is 23.2 Å². The average Bonchev–Trinajstić information content (AvgIpc) is 3.21. The van der Waals surface area contributed by atoms with Gasteiger partial charge in [0.25, 0.3) is 0 Å². The van der Waals surface area contributed by atoms with E-state index in [1.807, 2.05) is 6.92 Å². The van der Waals surface area contributed by atoms with E-state index in [0.29, 0.717) is 19.3 Å². The Hall–Kier alpha value is -2.11. The SMILES string of the molecule is C[C@@H]1CC(=O)[C@@H]2[C@@H](C(=O)O)CCC[C@H]2[C@@]12C[C@@H](c1ccoc1)OC2=O. The number of fused-ring (bicyclic) bond motifs is 2. The smallest absolute Gasteiger partial charge is 0.313 e. The molecule has 4 rings (SSSR count). The predicted molar refractivity (Wildman–Crippen MR) is 85.3 cm³/mol. The monoisotopic (exact) mass is 346 g/mol. The van der Waals surface area contributed by atoms with Gasteiger partial charge in [-0.15, -0.1) is 0 Å². The fourth-order valence-electron chi connectivity index (χ4n) is 5.51. The standard InChI is InChI=1S/C19H22O6/c1-10-7-14(20)16-12(17(21)22)3-2-4-13(16)19(10)8-15(25-18(19)23)11-5-6-24-9-11/h5-6,9-10,12-13,15-16H,2-4,7-8H2,1H3,(H,21,22)/t10-,12+,13-,15+,16-,19-/m1/s1. The van der Waals surface area contributed by atoms with Gasteiger partial charge in [-0.3, -0.25) is 14.4 Å². The molecule has 6 nitrogen and oxygen atoms in total. The topological polar surface area (TPSA) is 93.8 Å². The van der Waals surface area contributed by atoms with Gasteiger partial charge in [0.05, 0.1) is 23.9 Å². The van der Waals surface area contributed by atoms with Gasteiger partial charge in [-0.2, -0.15) is 0 Å². The molecule has 6 heteroatoms. The van der Waals surface area contributed by atoms with Gasteiger partial charge in [-0.1, -0.05) is 13.3 Å². The number of esters is 1. The van der Waals surface area contributed by atoms with E-state index in [1.165, 1.54) is 0 Å². The first-order valence-electron chi connectivity index (χ1n) is 8.94. The Morgan fingerprint density at radius 1 is 1.32 bits per heavy atom. The maximum Gasteiger partial charge on any atom is 0.313 e. The minimum Gasteiger partial charge on any atom is -0.481 e. The molecule has 0 amide bonds. The zero-order chi connectivity index (χ0) is 17.8. The van der Waals surface area contributed by atoms with Gasteiger partial charge in [-0.05, 0) is 30.7 Å². The summed E-state index contributed by atoms with van der Waals surface area (Å²) in [6.45, 7) is 1.93. The number of ketones is 1. The number of ether oxygens (including phenoxy) is 1. The van der Waals surface area contributed by atoms with Crippen LogP contribution in [0.4, 0.5) is 0 Å². The lowest BCUT2D eigenvalue weighted by Gasteiger charge is -2.50. The zero-order valence-corrected chi connectivity index (χ0v) is 14.1. The summed E-state index contributed by atoms with van der Waals surface area (Å²) >= 11 is 0. The molecule has 3 fully saturated rings. The highest BCUT2D eigenvalue weighted by Crippen LogP contribution is 2.61. The van der Waals surface area contributed by atoms with E-state index in [0.717, 1.165) is 12.0 Å². The van der Waals surface area contributed by atoms with Gasteiger partial charge in [0.2, 0.25) is 0 Å². The Morgan fingerprint density at radius 3 is 2.80 bits per heavy atom. The van der Waals surface area contributed by atoms with Crippen molar-refractivity contribution < 1.29 is 28.6 Å². The van der Waals surface area contributed by atoms with Gasteiger partial charge in [0, 0.05) is 24.3 Å². The summed E-state index contributed by atoms with van der Waals surface area (Å²) in [6, 6.07) is 1.79. The maximum absolute atomic E-state index is 13.0. The molecule has 134 valence electrons. The molecule has 2 aliphatic carbocycles. The van der Waals surface area contributed by atoms with Gasteiger partial charge in [0.15, 0.2) is 0 Å². The summed E-state index contributed by atoms with van der Waals surface area (Å²) in [5, 5.41) is 9.58. The first kappa shape index (κ1) is 16.4. The third-order valence-electron chi connectivity index (χ3n) is 6.70. The third kappa shape index (κ3) is 2.26. The molecule has 1 aromatic heterocycles. The van der Waals surface area contributed by atoms with Crippen LogP contribution in [0, 0.1) is 29.1 Å². The highest BCUT2D eigenvalue weighted by Gasteiger charge is 2.64. The molecule has 1 aromatic rings. The number of hydrogen-bond donors (Lipinski definition) is 1. The van der Waals surface area contributed by atoms with Crippen molar-refractivity contribution in [3.05, 3.63) is 24.2 Å². The number of cyclic esters (lactones) is 1. The van der Waals surface area contributed by atoms with Crippen LogP contribution < -0.4 is 0 Å².